The summed E-state index contributed by atoms with van der Waals surface area (Å²) in [6, 6.07) is 10.3. The maximum Gasteiger partial charge on any atom is 0.213 e. The van der Waals surface area contributed by atoms with E-state index in [4.69, 9.17) is 4.74 Å². The van der Waals surface area contributed by atoms with E-state index in [2.05, 4.69) is 34.8 Å². The zero-order valence-electron chi connectivity index (χ0n) is 13.0. The second-order valence-corrected chi connectivity index (χ2v) is 4.93. The largest absolute Gasteiger partial charge is 0.478 e. The predicted octanol–water partition coefficient (Wildman–Crippen LogP) is 3.46. The van der Waals surface area contributed by atoms with Crippen LogP contribution in [0.2, 0.25) is 0 Å². The van der Waals surface area contributed by atoms with Crippen LogP contribution in [0.25, 0.3) is 0 Å². The molecule has 2 heterocycles. The van der Waals surface area contributed by atoms with E-state index in [9.17, 15) is 0 Å². The summed E-state index contributed by atoms with van der Waals surface area (Å²) in [6.45, 7) is 8.73. The van der Waals surface area contributed by atoms with Gasteiger partial charge in [-0.25, -0.2) is 4.98 Å². The molecule has 1 unspecified atom stereocenters. The molecule has 0 saturated carbocycles. The Morgan fingerprint density at radius 1 is 1.19 bits per heavy atom. The quantitative estimate of drug-likeness (QED) is 0.781. The molecule has 4 heteroatoms. The Labute approximate surface area is 126 Å². The van der Waals surface area contributed by atoms with E-state index in [1.807, 2.05) is 37.4 Å². The van der Waals surface area contributed by atoms with Crippen molar-refractivity contribution in [3.05, 3.63) is 54.0 Å². The van der Waals surface area contributed by atoms with E-state index in [0.29, 0.717) is 18.5 Å². The lowest BCUT2D eigenvalue weighted by atomic mass is 10.1. The summed E-state index contributed by atoms with van der Waals surface area (Å²) in [7, 11) is 0. The van der Waals surface area contributed by atoms with Crippen LogP contribution in [-0.4, -0.2) is 28.0 Å². The lowest BCUT2D eigenvalue weighted by molar-refractivity contribution is 0.209. The van der Waals surface area contributed by atoms with Gasteiger partial charge in [0.25, 0.3) is 0 Å². The highest BCUT2D eigenvalue weighted by Crippen LogP contribution is 2.21. The van der Waals surface area contributed by atoms with Gasteiger partial charge in [-0.05, 0) is 38.1 Å². The lowest BCUT2D eigenvalue weighted by Crippen LogP contribution is -2.26. The Morgan fingerprint density at radius 3 is 2.71 bits per heavy atom. The van der Waals surface area contributed by atoms with Gasteiger partial charge in [-0.2, -0.15) is 0 Å². The van der Waals surface area contributed by atoms with Crippen LogP contribution < -0.4 is 4.74 Å². The molecule has 0 N–H and O–H groups in total. The third-order valence-corrected chi connectivity index (χ3v) is 3.56. The Bertz CT molecular complexity index is 545. The van der Waals surface area contributed by atoms with Gasteiger partial charge in [0.15, 0.2) is 0 Å². The van der Waals surface area contributed by atoms with Gasteiger partial charge >= 0.3 is 0 Å². The van der Waals surface area contributed by atoms with Crippen molar-refractivity contribution in [2.75, 3.05) is 13.2 Å². The Kier molecular flexibility index (Phi) is 5.69. The third kappa shape index (κ3) is 4.26. The minimum atomic E-state index is 0.307. The number of hydrogen-bond acceptors (Lipinski definition) is 4. The van der Waals surface area contributed by atoms with Crippen LogP contribution in [-0.2, 0) is 6.54 Å². The van der Waals surface area contributed by atoms with Crippen LogP contribution in [0.1, 0.15) is 38.1 Å². The highest BCUT2D eigenvalue weighted by atomic mass is 16.5. The number of rotatable bonds is 7. The van der Waals surface area contributed by atoms with Crippen molar-refractivity contribution in [3.8, 4) is 5.88 Å². The predicted molar refractivity (Wildman–Crippen MR) is 84.1 cm³/mol. The molecule has 2 aromatic heterocycles. The van der Waals surface area contributed by atoms with Crippen LogP contribution >= 0.6 is 0 Å². The Balaban J connectivity index is 2.10. The van der Waals surface area contributed by atoms with E-state index in [0.717, 1.165) is 18.8 Å². The fraction of sp³-hybridized carbons (Fsp3) is 0.412. The van der Waals surface area contributed by atoms with Crippen molar-refractivity contribution >= 4 is 0 Å². The van der Waals surface area contributed by atoms with Gasteiger partial charge in [-0.3, -0.25) is 9.88 Å². The van der Waals surface area contributed by atoms with Gasteiger partial charge in [0.05, 0.1) is 12.3 Å². The number of aromatic nitrogens is 2. The maximum atomic E-state index is 5.47. The molecule has 0 bridgehead atoms. The van der Waals surface area contributed by atoms with Crippen molar-refractivity contribution < 1.29 is 4.74 Å². The second-order valence-electron chi connectivity index (χ2n) is 4.93. The molecule has 2 rings (SSSR count). The fourth-order valence-corrected chi connectivity index (χ4v) is 2.34. The van der Waals surface area contributed by atoms with Crippen LogP contribution in [0.15, 0.2) is 42.7 Å². The standard InChI is InChI=1S/C17H23N3O/c1-4-20(14(3)15-8-7-11-18-12-15)13-16-9-6-10-17(19-16)21-5-2/h6-12,14H,4-5,13H2,1-3H3. The molecule has 0 aromatic carbocycles. The SMILES string of the molecule is CCOc1cccc(CN(CC)C(C)c2cccnc2)n1. The molecule has 0 saturated heterocycles. The second kappa shape index (κ2) is 7.74. The van der Waals surface area contributed by atoms with Gasteiger partial charge in [-0.15, -0.1) is 0 Å². The Morgan fingerprint density at radius 2 is 2.05 bits per heavy atom. The van der Waals surface area contributed by atoms with E-state index in [1.54, 1.807) is 6.20 Å². The molecule has 2 aromatic rings. The zero-order valence-corrected chi connectivity index (χ0v) is 13.0. The molecule has 0 aliphatic carbocycles. The van der Waals surface area contributed by atoms with Gasteiger partial charge in [0.1, 0.15) is 0 Å². The van der Waals surface area contributed by atoms with E-state index >= 15 is 0 Å². The number of ether oxygens (including phenoxy) is 1. The van der Waals surface area contributed by atoms with Crippen LogP contribution in [0.5, 0.6) is 5.88 Å². The Hall–Kier alpha value is -1.94. The first-order chi connectivity index (χ1) is 10.2. The van der Waals surface area contributed by atoms with Crippen LogP contribution in [0.4, 0.5) is 0 Å². The minimum Gasteiger partial charge on any atom is -0.478 e. The highest BCUT2D eigenvalue weighted by Gasteiger charge is 2.15. The molecule has 0 amide bonds. The maximum absolute atomic E-state index is 5.47. The summed E-state index contributed by atoms with van der Waals surface area (Å²) in [5.74, 6) is 0.695. The van der Waals surface area contributed by atoms with Crippen molar-refractivity contribution in [2.45, 2.75) is 33.4 Å². The molecule has 0 spiro atoms. The highest BCUT2D eigenvalue weighted by molar-refractivity contribution is 5.17. The number of pyridine rings is 2. The van der Waals surface area contributed by atoms with Gasteiger partial charge in [0, 0.05) is 31.0 Å². The molecule has 4 nitrogen and oxygen atoms in total. The summed E-state index contributed by atoms with van der Waals surface area (Å²) >= 11 is 0. The topological polar surface area (TPSA) is 38.2 Å². The molecule has 1 atom stereocenters. The van der Waals surface area contributed by atoms with Gasteiger partial charge in [0.2, 0.25) is 5.88 Å². The molecule has 0 fully saturated rings. The normalized spacial score (nSPS) is 12.4. The smallest absolute Gasteiger partial charge is 0.213 e. The first-order valence-electron chi connectivity index (χ1n) is 7.47. The molecule has 0 aliphatic heterocycles. The van der Waals surface area contributed by atoms with Crippen molar-refractivity contribution in [1.82, 2.24) is 14.9 Å². The molecule has 112 valence electrons. The summed E-state index contributed by atoms with van der Waals surface area (Å²) in [5, 5.41) is 0. The van der Waals surface area contributed by atoms with E-state index < -0.39 is 0 Å². The number of hydrogen-bond donors (Lipinski definition) is 0. The van der Waals surface area contributed by atoms with E-state index in [-0.39, 0.29) is 0 Å². The average Bonchev–Trinajstić information content (AvgIpc) is 2.53. The van der Waals surface area contributed by atoms with Gasteiger partial charge < -0.3 is 4.74 Å². The summed E-state index contributed by atoms with van der Waals surface area (Å²) < 4.78 is 5.47. The first kappa shape index (κ1) is 15.4. The van der Waals surface area contributed by atoms with Crippen LogP contribution in [0.3, 0.4) is 0 Å². The van der Waals surface area contributed by atoms with Crippen molar-refractivity contribution in [2.24, 2.45) is 0 Å². The molecule has 0 aliphatic rings. The summed E-state index contributed by atoms with van der Waals surface area (Å²) in [6.07, 6.45) is 3.73. The lowest BCUT2D eigenvalue weighted by Gasteiger charge is -2.27. The zero-order chi connectivity index (χ0) is 15.1. The molecule has 0 radical (unpaired) electrons. The summed E-state index contributed by atoms with van der Waals surface area (Å²) in [4.78, 5) is 11.1. The number of nitrogens with zero attached hydrogens (tertiary/aromatic N) is 3. The minimum absolute atomic E-state index is 0.307. The van der Waals surface area contributed by atoms with E-state index in [1.165, 1.54) is 5.56 Å². The van der Waals surface area contributed by atoms with Crippen molar-refractivity contribution in [1.29, 1.82) is 0 Å². The first-order valence-corrected chi connectivity index (χ1v) is 7.47. The average molecular weight is 285 g/mol. The molecular formula is C17H23N3O. The summed E-state index contributed by atoms with van der Waals surface area (Å²) in [5.41, 5.74) is 2.25. The fourth-order valence-electron chi connectivity index (χ4n) is 2.34. The van der Waals surface area contributed by atoms with Crippen LogP contribution in [0, 0.1) is 0 Å². The van der Waals surface area contributed by atoms with Crippen molar-refractivity contribution in [3.63, 3.8) is 0 Å². The van der Waals surface area contributed by atoms with Gasteiger partial charge in [-0.1, -0.05) is 19.1 Å². The molecular weight excluding hydrogens is 262 g/mol. The third-order valence-electron chi connectivity index (χ3n) is 3.56. The monoisotopic (exact) mass is 285 g/mol. The molecule has 21 heavy (non-hydrogen) atoms.